The van der Waals surface area contributed by atoms with Gasteiger partial charge in [0.2, 0.25) is 0 Å². The van der Waals surface area contributed by atoms with Crippen molar-refractivity contribution in [2.45, 2.75) is 66.5 Å². The zero-order valence-electron chi connectivity index (χ0n) is 13.8. The fourth-order valence-electron chi connectivity index (χ4n) is 2.71. The Kier molecular flexibility index (Phi) is 6.81. The van der Waals surface area contributed by atoms with Gasteiger partial charge in [-0.15, -0.1) is 0 Å². The maximum Gasteiger partial charge on any atom is 0.313 e. The van der Waals surface area contributed by atoms with E-state index in [1.54, 1.807) is 11.6 Å². The first-order valence-electron chi connectivity index (χ1n) is 7.84. The summed E-state index contributed by atoms with van der Waals surface area (Å²) in [5, 5.41) is 19.1. The van der Waals surface area contributed by atoms with Crippen LogP contribution in [0.5, 0.6) is 0 Å². The van der Waals surface area contributed by atoms with Crippen LogP contribution < -0.4 is 5.32 Å². The first kappa shape index (κ1) is 17.6. The van der Waals surface area contributed by atoms with Crippen LogP contribution in [0.4, 0.5) is 5.69 Å². The van der Waals surface area contributed by atoms with Gasteiger partial charge in [0.15, 0.2) is 0 Å². The smallest absolute Gasteiger partial charge is 0.313 e. The number of nitro groups is 1. The summed E-state index contributed by atoms with van der Waals surface area (Å²) < 4.78 is 1.77. The van der Waals surface area contributed by atoms with E-state index in [1.807, 2.05) is 6.92 Å². The maximum atomic E-state index is 11.3. The molecular weight excluding hydrogens is 268 g/mol. The molecule has 0 fully saturated rings. The molecule has 0 saturated heterocycles. The van der Waals surface area contributed by atoms with E-state index in [1.165, 1.54) is 0 Å². The Balaban J connectivity index is 3.03. The molecule has 1 unspecified atom stereocenters. The Morgan fingerprint density at radius 1 is 1.38 bits per heavy atom. The summed E-state index contributed by atoms with van der Waals surface area (Å²) >= 11 is 0. The summed E-state index contributed by atoms with van der Waals surface area (Å²) in [5.74, 6) is 0.553. The highest BCUT2D eigenvalue weighted by atomic mass is 16.6. The lowest BCUT2D eigenvalue weighted by Crippen LogP contribution is -2.34. The van der Waals surface area contributed by atoms with E-state index in [4.69, 9.17) is 0 Å². The minimum atomic E-state index is -0.296. The van der Waals surface area contributed by atoms with E-state index in [2.05, 4.69) is 31.2 Å². The molecule has 1 aromatic heterocycles. The van der Waals surface area contributed by atoms with E-state index < -0.39 is 0 Å². The molecule has 0 radical (unpaired) electrons. The fourth-order valence-corrected chi connectivity index (χ4v) is 2.71. The van der Waals surface area contributed by atoms with Crippen LogP contribution in [0.3, 0.4) is 0 Å². The van der Waals surface area contributed by atoms with Gasteiger partial charge in [0.25, 0.3) is 0 Å². The highest BCUT2D eigenvalue weighted by Crippen LogP contribution is 2.25. The molecule has 0 aliphatic heterocycles. The molecule has 1 aromatic rings. The Hall–Kier alpha value is -1.43. The van der Waals surface area contributed by atoms with Crippen molar-refractivity contribution < 1.29 is 4.92 Å². The largest absolute Gasteiger partial charge is 0.314 e. The minimum Gasteiger partial charge on any atom is -0.314 e. The topological polar surface area (TPSA) is 73.0 Å². The molecule has 0 bridgehead atoms. The van der Waals surface area contributed by atoms with Crippen LogP contribution in [0.2, 0.25) is 0 Å². The third-order valence-corrected chi connectivity index (χ3v) is 3.56. The molecule has 0 aromatic carbocycles. The summed E-state index contributed by atoms with van der Waals surface area (Å²) in [7, 11) is 0. The van der Waals surface area contributed by atoms with Crippen molar-refractivity contribution in [1.29, 1.82) is 0 Å². The number of hydrogen-bond acceptors (Lipinski definition) is 4. The second-order valence-electron chi connectivity index (χ2n) is 5.94. The van der Waals surface area contributed by atoms with E-state index in [0.717, 1.165) is 25.1 Å². The predicted molar refractivity (Wildman–Crippen MR) is 84.5 cm³/mol. The Bertz CT molecular complexity index is 468. The molecule has 1 atom stereocenters. The highest BCUT2D eigenvalue weighted by molar-refractivity contribution is 5.41. The third-order valence-electron chi connectivity index (χ3n) is 3.56. The molecule has 0 spiro atoms. The normalized spacial score (nSPS) is 12.9. The van der Waals surface area contributed by atoms with Crippen molar-refractivity contribution in [2.75, 3.05) is 6.54 Å². The van der Waals surface area contributed by atoms with Crippen LogP contribution in [-0.4, -0.2) is 27.3 Å². The molecule has 120 valence electrons. The van der Waals surface area contributed by atoms with Gasteiger partial charge in [0, 0.05) is 19.0 Å². The van der Waals surface area contributed by atoms with Gasteiger partial charge < -0.3 is 5.32 Å². The van der Waals surface area contributed by atoms with Gasteiger partial charge >= 0.3 is 5.69 Å². The van der Waals surface area contributed by atoms with Crippen molar-refractivity contribution in [3.05, 3.63) is 21.5 Å². The maximum absolute atomic E-state index is 11.3. The molecule has 0 aliphatic rings. The lowest BCUT2D eigenvalue weighted by Gasteiger charge is -2.20. The van der Waals surface area contributed by atoms with Crippen molar-refractivity contribution in [3.63, 3.8) is 0 Å². The SMILES string of the molecule is CCCNC(Cc1c([N+](=O)[O-])c(C)nn1CC)CC(C)C. The van der Waals surface area contributed by atoms with Gasteiger partial charge in [0.05, 0.1) is 4.92 Å². The number of hydrogen-bond donors (Lipinski definition) is 1. The molecule has 6 nitrogen and oxygen atoms in total. The molecule has 1 rings (SSSR count). The van der Waals surface area contributed by atoms with Gasteiger partial charge in [-0.05, 0) is 39.2 Å². The fraction of sp³-hybridized carbons (Fsp3) is 0.800. The minimum absolute atomic E-state index is 0.184. The lowest BCUT2D eigenvalue weighted by molar-refractivity contribution is -0.386. The molecule has 0 amide bonds. The summed E-state index contributed by atoms with van der Waals surface area (Å²) in [6, 6.07) is 0.255. The standard InChI is InChI=1S/C15H28N4O2/c1-6-8-16-13(9-11(3)4)10-14-15(19(20)21)12(5)17-18(14)7-2/h11,13,16H,6-10H2,1-5H3. The van der Waals surface area contributed by atoms with Crippen LogP contribution in [-0.2, 0) is 13.0 Å². The van der Waals surface area contributed by atoms with Gasteiger partial charge in [-0.2, -0.15) is 5.10 Å². The van der Waals surface area contributed by atoms with Gasteiger partial charge in [-0.25, -0.2) is 0 Å². The van der Waals surface area contributed by atoms with Crippen LogP contribution in [0, 0.1) is 23.0 Å². The summed E-state index contributed by atoms with van der Waals surface area (Å²) in [5.41, 5.74) is 1.44. The summed E-state index contributed by atoms with van der Waals surface area (Å²) in [4.78, 5) is 11.0. The molecular formula is C15H28N4O2. The molecule has 1 heterocycles. The molecule has 21 heavy (non-hydrogen) atoms. The average molecular weight is 296 g/mol. The Morgan fingerprint density at radius 2 is 2.05 bits per heavy atom. The van der Waals surface area contributed by atoms with Crippen LogP contribution in [0.25, 0.3) is 0 Å². The highest BCUT2D eigenvalue weighted by Gasteiger charge is 2.26. The van der Waals surface area contributed by atoms with Crippen molar-refractivity contribution in [2.24, 2.45) is 5.92 Å². The number of nitrogens with zero attached hydrogens (tertiary/aromatic N) is 3. The zero-order valence-corrected chi connectivity index (χ0v) is 13.8. The van der Waals surface area contributed by atoms with Crippen LogP contribution in [0.1, 0.15) is 51.9 Å². The molecule has 0 saturated carbocycles. The lowest BCUT2D eigenvalue weighted by atomic mass is 9.99. The van der Waals surface area contributed by atoms with E-state index >= 15 is 0 Å². The average Bonchev–Trinajstić information content (AvgIpc) is 2.71. The second-order valence-corrected chi connectivity index (χ2v) is 5.94. The molecule has 0 aliphatic carbocycles. The number of aromatic nitrogens is 2. The summed E-state index contributed by atoms with van der Waals surface area (Å²) in [6.45, 7) is 11.8. The van der Waals surface area contributed by atoms with E-state index in [9.17, 15) is 10.1 Å². The van der Waals surface area contributed by atoms with Crippen LogP contribution >= 0.6 is 0 Å². The Morgan fingerprint density at radius 3 is 2.52 bits per heavy atom. The van der Waals surface area contributed by atoms with E-state index in [-0.39, 0.29) is 16.7 Å². The van der Waals surface area contributed by atoms with Gasteiger partial charge in [0.1, 0.15) is 11.4 Å². The molecule has 1 N–H and O–H groups in total. The van der Waals surface area contributed by atoms with Gasteiger partial charge in [-0.3, -0.25) is 14.8 Å². The monoisotopic (exact) mass is 296 g/mol. The predicted octanol–water partition coefficient (Wildman–Crippen LogP) is 3.08. The number of nitrogens with one attached hydrogen (secondary N) is 1. The zero-order chi connectivity index (χ0) is 16.0. The first-order valence-corrected chi connectivity index (χ1v) is 7.84. The van der Waals surface area contributed by atoms with Crippen molar-refractivity contribution >= 4 is 5.69 Å². The summed E-state index contributed by atoms with van der Waals surface area (Å²) in [6.07, 6.45) is 2.72. The third kappa shape index (κ3) is 4.81. The number of rotatable bonds is 9. The number of aryl methyl sites for hydroxylation is 2. The van der Waals surface area contributed by atoms with E-state index in [0.29, 0.717) is 24.6 Å². The van der Waals surface area contributed by atoms with Crippen molar-refractivity contribution in [1.82, 2.24) is 15.1 Å². The molecule has 6 heteroatoms. The first-order chi connectivity index (χ1) is 9.90. The van der Waals surface area contributed by atoms with Crippen molar-refractivity contribution in [3.8, 4) is 0 Å². The van der Waals surface area contributed by atoms with Crippen LogP contribution in [0.15, 0.2) is 0 Å². The second kappa shape index (κ2) is 8.12. The van der Waals surface area contributed by atoms with Gasteiger partial charge in [-0.1, -0.05) is 20.8 Å². The Labute approximate surface area is 127 Å². The quantitative estimate of drug-likeness (QED) is 0.561.